The third kappa shape index (κ3) is 4.83. The second-order valence-corrected chi connectivity index (χ2v) is 17.3. The van der Waals surface area contributed by atoms with Crippen molar-refractivity contribution in [3.63, 3.8) is 0 Å². The highest BCUT2D eigenvalue weighted by Gasteiger charge is 2.35. The van der Waals surface area contributed by atoms with Crippen LogP contribution in [0.15, 0.2) is 146 Å². The van der Waals surface area contributed by atoms with E-state index in [1.165, 1.54) is 33.5 Å². The van der Waals surface area contributed by atoms with E-state index in [0.717, 1.165) is 65.9 Å². The summed E-state index contributed by atoms with van der Waals surface area (Å²) in [5.41, 5.74) is 13.1. The zero-order chi connectivity index (χ0) is 42.4. The van der Waals surface area contributed by atoms with Crippen LogP contribution in [0.3, 0.4) is 0 Å². The minimum Gasteiger partial charge on any atom is -0.397 e. The fourth-order valence-corrected chi connectivity index (χ4v) is 10.6. The molecule has 10 nitrogen and oxygen atoms in total. The van der Waals surface area contributed by atoms with Gasteiger partial charge in [-0.25, -0.2) is 0 Å². The first-order valence-electron chi connectivity index (χ1n) is 21.7. The van der Waals surface area contributed by atoms with E-state index < -0.39 is 0 Å². The van der Waals surface area contributed by atoms with E-state index in [0.29, 0.717) is 17.7 Å². The number of hydrogen-bond acceptors (Lipinski definition) is 7. The summed E-state index contributed by atoms with van der Waals surface area (Å²) < 4.78 is 6.85. The number of nitrogens with zero attached hydrogens (tertiary/aromatic N) is 10. The van der Waals surface area contributed by atoms with Gasteiger partial charge in [-0.15, -0.1) is 0 Å². The van der Waals surface area contributed by atoms with Gasteiger partial charge in [-0.3, -0.25) is 9.13 Å². The van der Waals surface area contributed by atoms with Crippen molar-refractivity contribution < 1.29 is 0 Å². The first-order valence-corrected chi connectivity index (χ1v) is 21.7. The van der Waals surface area contributed by atoms with Gasteiger partial charge in [-0.2, -0.15) is 15.0 Å². The minimum absolute atomic E-state index is 0.220. The molecule has 0 bridgehead atoms. The second kappa shape index (κ2) is 12.9. The Hall–Kier alpha value is -7.72. The quantitative estimate of drug-likeness (QED) is 0.164. The molecule has 0 saturated carbocycles. The third-order valence-electron chi connectivity index (χ3n) is 14.3. The van der Waals surface area contributed by atoms with E-state index in [1.54, 1.807) is 0 Å². The Morgan fingerprint density at radius 2 is 0.683 bits per heavy atom. The van der Waals surface area contributed by atoms with Crippen molar-refractivity contribution in [1.29, 1.82) is 0 Å². The minimum atomic E-state index is 0.220. The molecule has 11 aromatic rings. The molecule has 4 aromatic heterocycles. The van der Waals surface area contributed by atoms with Crippen molar-refractivity contribution in [3.8, 4) is 29.0 Å². The molecule has 302 valence electrons. The van der Waals surface area contributed by atoms with E-state index in [2.05, 4.69) is 220 Å². The van der Waals surface area contributed by atoms with Crippen LogP contribution in [-0.2, 0) is 0 Å². The highest BCUT2D eigenvalue weighted by Crippen LogP contribution is 2.45. The first kappa shape index (κ1) is 36.0. The molecule has 0 amide bonds. The molecular formula is C51H42B2N10. The lowest BCUT2D eigenvalue weighted by Gasteiger charge is -2.19. The van der Waals surface area contributed by atoms with Gasteiger partial charge in [0.1, 0.15) is 0 Å². The van der Waals surface area contributed by atoms with E-state index in [4.69, 9.17) is 15.0 Å². The van der Waals surface area contributed by atoms with Gasteiger partial charge >= 0.3 is 14.0 Å². The number of anilines is 4. The molecule has 12 heteroatoms. The van der Waals surface area contributed by atoms with Crippen LogP contribution in [0.4, 0.5) is 22.7 Å². The van der Waals surface area contributed by atoms with Crippen LogP contribution in [0.2, 0.25) is 13.6 Å². The largest absolute Gasteiger partial charge is 0.397 e. The van der Waals surface area contributed by atoms with Crippen LogP contribution in [0.5, 0.6) is 0 Å². The van der Waals surface area contributed by atoms with Gasteiger partial charge < -0.3 is 23.8 Å². The predicted octanol–water partition coefficient (Wildman–Crippen LogP) is 10.8. The van der Waals surface area contributed by atoms with Crippen molar-refractivity contribution in [2.45, 2.75) is 13.6 Å². The van der Waals surface area contributed by atoms with Crippen LogP contribution in [-0.4, -0.2) is 70.8 Å². The van der Waals surface area contributed by atoms with Crippen LogP contribution >= 0.6 is 0 Å². The van der Waals surface area contributed by atoms with Crippen molar-refractivity contribution >= 4 is 102 Å². The maximum absolute atomic E-state index is 5.57. The summed E-state index contributed by atoms with van der Waals surface area (Å²) in [6.45, 7) is 4.93. The number of benzene rings is 7. The van der Waals surface area contributed by atoms with E-state index in [-0.39, 0.29) is 14.0 Å². The molecule has 0 unspecified atom stereocenters. The van der Waals surface area contributed by atoms with Crippen LogP contribution in [0.25, 0.3) is 94.4 Å². The zero-order valence-corrected chi connectivity index (χ0v) is 36.0. The topological polar surface area (TPSA) is 66.4 Å². The van der Waals surface area contributed by atoms with E-state index in [9.17, 15) is 0 Å². The van der Waals surface area contributed by atoms with E-state index >= 15 is 0 Å². The monoisotopic (exact) mass is 816 g/mol. The SMILES string of the molecule is CB1N(C)c2cc3c4ccccc4n(-c4nc(-c5ccccc5-n5c6ccccc6c6ccccc65)nc(-n5c6ccccc6c6cc7c(cc65)N(C)B(C)N7C)n4)c3cc2N1C. The molecule has 13 rings (SSSR count). The normalized spacial score (nSPS) is 14.0. The van der Waals surface area contributed by atoms with Crippen LogP contribution in [0.1, 0.15) is 0 Å². The summed E-state index contributed by atoms with van der Waals surface area (Å²) >= 11 is 0. The Labute approximate surface area is 365 Å². The molecule has 0 radical (unpaired) electrons. The number of rotatable bonds is 4. The number of para-hydroxylation sites is 5. The lowest BCUT2D eigenvalue weighted by atomic mass is 9.78. The number of hydrogen-bond donors (Lipinski definition) is 0. The Morgan fingerprint density at radius 3 is 1.13 bits per heavy atom. The summed E-state index contributed by atoms with van der Waals surface area (Å²) in [7, 11) is 8.69. The molecule has 2 aliphatic rings. The molecule has 6 heterocycles. The molecule has 7 aromatic carbocycles. The number of fused-ring (bicyclic) bond motifs is 11. The van der Waals surface area contributed by atoms with Gasteiger partial charge in [0.2, 0.25) is 11.9 Å². The van der Waals surface area contributed by atoms with Gasteiger partial charge in [0.25, 0.3) is 0 Å². The second-order valence-electron chi connectivity index (χ2n) is 17.3. The standard InChI is InChI=1S/C51H42B2N10/c1-52-57(3)45-27-36-33-19-9-14-24-40(33)62(43(36)29-47(45)59(52)5)50-54-49(35-21-11-16-26-42(35)61-38-22-12-7-17-31(38)32-18-8-13-23-39(32)61)55-51(56-50)63-41-25-15-10-20-34(41)37-28-46-48(30-44(37)63)60(6)53(2)58(46)4/h7-30H,1-6H3. The lowest BCUT2D eigenvalue weighted by Crippen LogP contribution is -2.41. The fourth-order valence-electron chi connectivity index (χ4n) is 10.6. The Bertz CT molecular complexity index is 3520. The molecule has 0 spiro atoms. The van der Waals surface area contributed by atoms with Gasteiger partial charge in [0.05, 0.1) is 50.2 Å². The maximum atomic E-state index is 5.57. The predicted molar refractivity (Wildman–Crippen MR) is 265 cm³/mol. The van der Waals surface area contributed by atoms with Crippen LogP contribution in [0, 0.1) is 0 Å². The Balaban J connectivity index is 1.15. The highest BCUT2D eigenvalue weighted by molar-refractivity contribution is 6.69. The molecule has 2 aliphatic heterocycles. The first-order chi connectivity index (χ1) is 30.8. The summed E-state index contributed by atoms with van der Waals surface area (Å²) in [6.07, 6.45) is 0. The third-order valence-corrected chi connectivity index (χ3v) is 14.3. The molecule has 0 saturated heterocycles. The average molecular weight is 817 g/mol. The Kier molecular flexibility index (Phi) is 7.37. The summed E-state index contributed by atoms with van der Waals surface area (Å²) in [5, 5.41) is 7.00. The van der Waals surface area contributed by atoms with Gasteiger partial charge in [-0.05, 0) is 103 Å². The zero-order valence-electron chi connectivity index (χ0n) is 36.0. The molecule has 0 fully saturated rings. The molecule has 0 N–H and O–H groups in total. The Morgan fingerprint density at radius 1 is 0.333 bits per heavy atom. The van der Waals surface area contributed by atoms with Crippen molar-refractivity contribution in [3.05, 3.63) is 146 Å². The van der Waals surface area contributed by atoms with Gasteiger partial charge in [0.15, 0.2) is 5.82 Å². The number of aromatic nitrogens is 6. The van der Waals surface area contributed by atoms with E-state index in [1.807, 2.05) is 0 Å². The smallest absolute Gasteiger partial charge is 0.371 e. The summed E-state index contributed by atoms with van der Waals surface area (Å²) in [5.74, 6) is 1.69. The highest BCUT2D eigenvalue weighted by atomic mass is 15.3. The lowest BCUT2D eigenvalue weighted by molar-refractivity contribution is 0.892. The van der Waals surface area contributed by atoms with Crippen LogP contribution < -0.4 is 19.2 Å². The summed E-state index contributed by atoms with van der Waals surface area (Å²) in [4.78, 5) is 26.1. The maximum Gasteiger partial charge on any atom is 0.371 e. The van der Waals surface area contributed by atoms with Crippen molar-refractivity contribution in [1.82, 2.24) is 28.7 Å². The van der Waals surface area contributed by atoms with Crippen molar-refractivity contribution in [2.75, 3.05) is 47.4 Å². The fraction of sp³-hybridized carbons (Fsp3) is 0.118. The van der Waals surface area contributed by atoms with Gasteiger partial charge in [-0.1, -0.05) is 84.9 Å². The van der Waals surface area contributed by atoms with Crippen molar-refractivity contribution in [2.24, 2.45) is 0 Å². The van der Waals surface area contributed by atoms with Gasteiger partial charge in [0, 0.05) is 49.3 Å². The molecule has 0 atom stereocenters. The summed E-state index contributed by atoms with van der Waals surface area (Å²) in [6, 6.07) is 52.4. The molecule has 0 aliphatic carbocycles. The molecular weight excluding hydrogens is 774 g/mol. The molecule has 63 heavy (non-hydrogen) atoms. The average Bonchev–Trinajstić information content (AvgIpc) is 4.05.